The van der Waals surface area contributed by atoms with Crippen molar-refractivity contribution in [1.82, 2.24) is 10.3 Å². The number of nitrogens with two attached hydrogens (primary N) is 1. The van der Waals surface area contributed by atoms with Crippen LogP contribution >= 0.6 is 0 Å². The number of alkyl halides is 3. The summed E-state index contributed by atoms with van der Waals surface area (Å²) in [4.78, 5) is 15.4. The summed E-state index contributed by atoms with van der Waals surface area (Å²) >= 11 is 0. The molecule has 0 bridgehead atoms. The first-order chi connectivity index (χ1) is 12.3. The zero-order valence-electron chi connectivity index (χ0n) is 13.5. The van der Waals surface area contributed by atoms with E-state index in [4.69, 9.17) is 15.7 Å². The van der Waals surface area contributed by atoms with Gasteiger partial charge in [-0.3, -0.25) is 4.79 Å². The van der Waals surface area contributed by atoms with Crippen LogP contribution in [0.2, 0.25) is 0 Å². The van der Waals surface area contributed by atoms with E-state index in [-0.39, 0.29) is 42.3 Å². The third kappa shape index (κ3) is 5.19. The number of hydrogen-bond acceptors (Lipinski definition) is 5. The number of rotatable bonds is 6. The molecule has 0 aliphatic heterocycles. The number of amides is 1. The summed E-state index contributed by atoms with van der Waals surface area (Å²) in [5.41, 5.74) is 4.77. The summed E-state index contributed by atoms with van der Waals surface area (Å²) in [5.74, 6) is -0.555. The topological polar surface area (TPSA) is 101 Å². The molecule has 136 valence electrons. The number of ether oxygens (including phenoxy) is 1. The van der Waals surface area contributed by atoms with E-state index < -0.39 is 17.8 Å². The van der Waals surface area contributed by atoms with Crippen molar-refractivity contribution < 1.29 is 22.7 Å². The molecule has 1 amide bonds. The van der Waals surface area contributed by atoms with E-state index in [1.165, 1.54) is 30.3 Å². The van der Waals surface area contributed by atoms with Gasteiger partial charge >= 0.3 is 6.18 Å². The number of nitrogens with zero attached hydrogens (tertiary/aromatic N) is 2. The fourth-order valence-corrected chi connectivity index (χ4v) is 2.03. The van der Waals surface area contributed by atoms with Crippen molar-refractivity contribution in [3.8, 4) is 17.7 Å². The largest absolute Gasteiger partial charge is 0.439 e. The molecule has 0 unspecified atom stereocenters. The lowest BCUT2D eigenvalue weighted by Crippen LogP contribution is -2.24. The second-order valence-electron chi connectivity index (χ2n) is 5.19. The number of carbonyl (C=O) groups excluding carboxylic acids is 1. The van der Waals surface area contributed by atoms with Crippen molar-refractivity contribution in [3.05, 3.63) is 53.2 Å². The highest BCUT2D eigenvalue weighted by Crippen LogP contribution is 2.31. The van der Waals surface area contributed by atoms with Gasteiger partial charge in [0.15, 0.2) is 0 Å². The van der Waals surface area contributed by atoms with Gasteiger partial charge in [0.25, 0.3) is 5.91 Å². The Kier molecular flexibility index (Phi) is 6.14. The Labute approximate surface area is 147 Å². The average Bonchev–Trinajstić information content (AvgIpc) is 2.61. The normalized spacial score (nSPS) is 10.9. The summed E-state index contributed by atoms with van der Waals surface area (Å²) in [6.07, 6.45) is -4.47. The maximum Gasteiger partial charge on any atom is 0.433 e. The predicted molar refractivity (Wildman–Crippen MR) is 86.2 cm³/mol. The van der Waals surface area contributed by atoms with E-state index in [0.717, 1.165) is 6.07 Å². The van der Waals surface area contributed by atoms with Crippen molar-refractivity contribution in [2.45, 2.75) is 19.1 Å². The molecule has 9 heteroatoms. The zero-order valence-corrected chi connectivity index (χ0v) is 13.5. The molecular formula is C17H15F3N4O2. The van der Waals surface area contributed by atoms with Gasteiger partial charge < -0.3 is 15.8 Å². The Bertz CT molecular complexity index is 831. The Morgan fingerprint density at radius 2 is 2.08 bits per heavy atom. The van der Waals surface area contributed by atoms with Crippen LogP contribution in [0, 0.1) is 11.3 Å². The van der Waals surface area contributed by atoms with Crippen LogP contribution < -0.4 is 15.8 Å². The lowest BCUT2D eigenvalue weighted by Gasteiger charge is -2.12. The van der Waals surface area contributed by atoms with Crippen LogP contribution in [-0.2, 0) is 12.7 Å². The van der Waals surface area contributed by atoms with E-state index >= 15 is 0 Å². The molecule has 6 nitrogen and oxygen atoms in total. The van der Waals surface area contributed by atoms with Crippen molar-refractivity contribution in [1.29, 1.82) is 5.26 Å². The molecule has 0 radical (unpaired) electrons. The lowest BCUT2D eigenvalue weighted by molar-refractivity contribution is -0.141. The van der Waals surface area contributed by atoms with Crippen molar-refractivity contribution in [2.75, 3.05) is 6.54 Å². The quantitative estimate of drug-likeness (QED) is 0.768. The molecule has 0 saturated heterocycles. The minimum absolute atomic E-state index is 0.108. The van der Waals surface area contributed by atoms with E-state index in [0.29, 0.717) is 0 Å². The zero-order chi connectivity index (χ0) is 19.2. The Balaban J connectivity index is 2.22. The van der Waals surface area contributed by atoms with E-state index in [1.807, 2.05) is 6.07 Å². The highest BCUT2D eigenvalue weighted by molar-refractivity contribution is 5.94. The number of carbonyl (C=O) groups is 1. The highest BCUT2D eigenvalue weighted by Gasteiger charge is 2.33. The highest BCUT2D eigenvalue weighted by atomic mass is 19.4. The molecule has 1 aromatic heterocycles. The molecule has 0 aliphatic carbocycles. The summed E-state index contributed by atoms with van der Waals surface area (Å²) < 4.78 is 44.1. The Morgan fingerprint density at radius 3 is 2.73 bits per heavy atom. The maximum absolute atomic E-state index is 12.9. The van der Waals surface area contributed by atoms with Crippen LogP contribution in [0.5, 0.6) is 11.6 Å². The summed E-state index contributed by atoms with van der Waals surface area (Å²) in [6, 6.07) is 9.93. The molecule has 1 heterocycles. The van der Waals surface area contributed by atoms with Gasteiger partial charge in [0, 0.05) is 24.7 Å². The lowest BCUT2D eigenvalue weighted by atomic mass is 10.2. The summed E-state index contributed by atoms with van der Waals surface area (Å²) in [7, 11) is 0. The first-order valence-electron chi connectivity index (χ1n) is 7.55. The smallest absolute Gasteiger partial charge is 0.433 e. The first-order valence-corrected chi connectivity index (χ1v) is 7.55. The number of halogens is 3. The van der Waals surface area contributed by atoms with Crippen LogP contribution in [0.4, 0.5) is 13.2 Å². The number of benzene rings is 1. The maximum atomic E-state index is 12.9. The van der Waals surface area contributed by atoms with E-state index in [9.17, 15) is 18.0 Å². The van der Waals surface area contributed by atoms with Gasteiger partial charge in [-0.25, -0.2) is 4.98 Å². The molecule has 2 rings (SSSR count). The average molecular weight is 364 g/mol. The third-order valence-electron chi connectivity index (χ3n) is 3.23. The molecular weight excluding hydrogens is 349 g/mol. The summed E-state index contributed by atoms with van der Waals surface area (Å²) in [6.45, 7) is 0.0821. The standard InChI is InChI=1S/C17H15F3N4O2/c18-17(19,20)14-7-11(10-22)8-15(24-14)26-13-4-1-3-12(9-13)16(25)23-6-2-5-21/h1,3-4,7-9H,2,6,10,22H2,(H,23,25). The molecule has 0 aliphatic rings. The van der Waals surface area contributed by atoms with Gasteiger partial charge in [0.2, 0.25) is 5.88 Å². The van der Waals surface area contributed by atoms with Gasteiger partial charge in [-0.05, 0) is 29.8 Å². The molecule has 0 fully saturated rings. The molecule has 0 saturated carbocycles. The van der Waals surface area contributed by atoms with E-state index in [1.54, 1.807) is 0 Å². The molecule has 3 N–H and O–H groups in total. The van der Waals surface area contributed by atoms with Gasteiger partial charge in [-0.1, -0.05) is 6.07 Å². The number of nitrogens with one attached hydrogen (secondary N) is 1. The molecule has 1 aromatic carbocycles. The number of aromatic nitrogens is 1. The van der Waals surface area contributed by atoms with Crippen LogP contribution in [0.1, 0.15) is 28.0 Å². The van der Waals surface area contributed by atoms with Crippen LogP contribution in [0.25, 0.3) is 0 Å². The van der Waals surface area contributed by atoms with Crippen LogP contribution in [-0.4, -0.2) is 17.4 Å². The second-order valence-corrected chi connectivity index (χ2v) is 5.19. The van der Waals surface area contributed by atoms with Gasteiger partial charge in [-0.15, -0.1) is 0 Å². The number of hydrogen-bond donors (Lipinski definition) is 2. The van der Waals surface area contributed by atoms with Crippen LogP contribution in [0.3, 0.4) is 0 Å². The predicted octanol–water partition coefficient (Wildman–Crippen LogP) is 2.99. The second kappa shape index (κ2) is 8.31. The van der Waals surface area contributed by atoms with Gasteiger partial charge in [-0.2, -0.15) is 18.4 Å². The fourth-order valence-electron chi connectivity index (χ4n) is 2.03. The number of pyridine rings is 1. The fraction of sp³-hybridized carbons (Fsp3) is 0.235. The van der Waals surface area contributed by atoms with E-state index in [2.05, 4.69) is 10.3 Å². The first kappa shape index (κ1) is 19.2. The Morgan fingerprint density at radius 1 is 1.31 bits per heavy atom. The van der Waals surface area contributed by atoms with Crippen molar-refractivity contribution in [2.24, 2.45) is 5.73 Å². The Hall–Kier alpha value is -3.12. The molecule has 2 aromatic rings. The van der Waals surface area contributed by atoms with Crippen molar-refractivity contribution in [3.63, 3.8) is 0 Å². The SMILES string of the molecule is N#CCCNC(=O)c1cccc(Oc2cc(CN)cc(C(F)(F)F)n2)c1. The minimum atomic E-state index is -4.63. The number of nitriles is 1. The molecule has 0 atom stereocenters. The van der Waals surface area contributed by atoms with Crippen LogP contribution in [0.15, 0.2) is 36.4 Å². The monoisotopic (exact) mass is 364 g/mol. The summed E-state index contributed by atoms with van der Waals surface area (Å²) in [5, 5.41) is 11.0. The molecule has 26 heavy (non-hydrogen) atoms. The minimum Gasteiger partial charge on any atom is -0.439 e. The molecule has 0 spiro atoms. The van der Waals surface area contributed by atoms with Gasteiger partial charge in [0.1, 0.15) is 11.4 Å². The third-order valence-corrected chi connectivity index (χ3v) is 3.23. The van der Waals surface area contributed by atoms with Crippen molar-refractivity contribution >= 4 is 5.91 Å². The van der Waals surface area contributed by atoms with Gasteiger partial charge in [0.05, 0.1) is 12.5 Å².